The van der Waals surface area contributed by atoms with E-state index in [1.54, 1.807) is 16.7 Å². The molecule has 0 aliphatic rings. The molecule has 2 aromatic carbocycles. The zero-order valence-corrected chi connectivity index (χ0v) is 15.4. The normalized spacial score (nSPS) is 10.7. The van der Waals surface area contributed by atoms with Gasteiger partial charge in [0.05, 0.1) is 0 Å². The van der Waals surface area contributed by atoms with Gasteiger partial charge >= 0.3 is 0 Å². The molecule has 1 aromatic heterocycles. The monoisotopic (exact) mass is 372 g/mol. The summed E-state index contributed by atoms with van der Waals surface area (Å²) in [4.78, 5) is 12.4. The van der Waals surface area contributed by atoms with Crippen molar-refractivity contribution in [3.8, 4) is 11.4 Å². The third-order valence-electron chi connectivity index (χ3n) is 3.95. The number of hydrogen-bond donors (Lipinski definition) is 2. The van der Waals surface area contributed by atoms with Gasteiger partial charge in [-0.3, -0.25) is 14.5 Å². The molecule has 25 heavy (non-hydrogen) atoms. The summed E-state index contributed by atoms with van der Waals surface area (Å²) in [5.74, 6) is 0.424. The summed E-state index contributed by atoms with van der Waals surface area (Å²) < 4.78 is 2.05. The molecule has 7 heteroatoms. The van der Waals surface area contributed by atoms with Crippen molar-refractivity contribution in [3.63, 3.8) is 0 Å². The number of nitrogens with one attached hydrogen (secondary N) is 2. The lowest BCUT2D eigenvalue weighted by molar-refractivity contribution is -0.116. The summed E-state index contributed by atoms with van der Waals surface area (Å²) in [7, 11) is 0. The third-order valence-corrected chi connectivity index (χ3v) is 4.52. The number of aromatic amines is 1. The maximum absolute atomic E-state index is 12.4. The van der Waals surface area contributed by atoms with Gasteiger partial charge in [-0.15, -0.1) is 0 Å². The van der Waals surface area contributed by atoms with Gasteiger partial charge in [0, 0.05) is 16.3 Å². The van der Waals surface area contributed by atoms with Crippen LogP contribution in [0.25, 0.3) is 11.4 Å². The summed E-state index contributed by atoms with van der Waals surface area (Å²) in [5.41, 5.74) is 3.89. The van der Waals surface area contributed by atoms with Gasteiger partial charge in [-0.25, -0.2) is 0 Å². The summed E-state index contributed by atoms with van der Waals surface area (Å²) >= 11 is 11.2. The highest BCUT2D eigenvalue weighted by molar-refractivity contribution is 7.71. The molecule has 1 amide bonds. The van der Waals surface area contributed by atoms with Crippen LogP contribution < -0.4 is 5.32 Å². The molecule has 0 saturated carbocycles. The van der Waals surface area contributed by atoms with Crippen LogP contribution in [-0.2, 0) is 11.3 Å². The average Bonchev–Trinajstić information content (AvgIpc) is 2.93. The molecule has 0 fully saturated rings. The molecular weight excluding hydrogens is 356 g/mol. The van der Waals surface area contributed by atoms with Crippen LogP contribution in [0.2, 0.25) is 5.02 Å². The van der Waals surface area contributed by atoms with Crippen LogP contribution in [0.4, 0.5) is 5.69 Å². The number of benzene rings is 2. The summed E-state index contributed by atoms with van der Waals surface area (Å²) in [6.07, 6.45) is 0. The van der Waals surface area contributed by atoms with Crippen LogP contribution in [0.3, 0.4) is 0 Å². The van der Waals surface area contributed by atoms with Gasteiger partial charge in [-0.2, -0.15) is 5.10 Å². The second-order valence-electron chi connectivity index (χ2n) is 5.79. The highest BCUT2D eigenvalue weighted by Gasteiger charge is 2.13. The van der Waals surface area contributed by atoms with Gasteiger partial charge in [0.1, 0.15) is 6.54 Å². The van der Waals surface area contributed by atoms with E-state index in [9.17, 15) is 4.79 Å². The first kappa shape index (κ1) is 17.4. The number of halogens is 1. The molecule has 0 saturated heterocycles. The number of nitrogens with zero attached hydrogens (tertiary/aromatic N) is 2. The Labute approximate surface area is 155 Å². The number of H-pyrrole nitrogens is 1. The van der Waals surface area contributed by atoms with E-state index in [-0.39, 0.29) is 12.5 Å². The smallest absolute Gasteiger partial charge is 0.244 e. The molecule has 3 aromatic rings. The lowest BCUT2D eigenvalue weighted by Gasteiger charge is -2.10. The van der Waals surface area contributed by atoms with Gasteiger partial charge in [0.2, 0.25) is 5.91 Å². The second kappa shape index (κ2) is 7.21. The van der Waals surface area contributed by atoms with E-state index in [0.717, 1.165) is 16.8 Å². The molecule has 0 aliphatic carbocycles. The first-order valence-electron chi connectivity index (χ1n) is 7.72. The second-order valence-corrected chi connectivity index (χ2v) is 6.62. The topological polar surface area (TPSA) is 62.7 Å². The standard InChI is InChI=1S/C18H17ClN4OS/c1-11-3-8-15(9-12(11)2)20-16(24)10-23-17(21-22-18(23)25)13-4-6-14(19)7-5-13/h3-9H,10H2,1-2H3,(H,20,24)(H,22,25). The Kier molecular flexibility index (Phi) is 5.01. The van der Waals surface area contributed by atoms with Crippen molar-refractivity contribution < 1.29 is 4.79 Å². The zero-order valence-electron chi connectivity index (χ0n) is 13.8. The third kappa shape index (κ3) is 3.97. The van der Waals surface area contributed by atoms with Crippen molar-refractivity contribution >= 4 is 35.4 Å². The largest absolute Gasteiger partial charge is 0.325 e. The number of carbonyl (C=O) groups is 1. The van der Waals surface area contributed by atoms with E-state index in [2.05, 4.69) is 15.5 Å². The highest BCUT2D eigenvalue weighted by Crippen LogP contribution is 2.20. The van der Waals surface area contributed by atoms with Crippen molar-refractivity contribution in [1.82, 2.24) is 14.8 Å². The van der Waals surface area contributed by atoms with Crippen LogP contribution in [0.5, 0.6) is 0 Å². The minimum absolute atomic E-state index is 0.0697. The number of hydrogen-bond acceptors (Lipinski definition) is 3. The van der Waals surface area contributed by atoms with E-state index in [4.69, 9.17) is 23.8 Å². The molecule has 2 N–H and O–H groups in total. The minimum Gasteiger partial charge on any atom is -0.325 e. The van der Waals surface area contributed by atoms with Gasteiger partial charge in [-0.1, -0.05) is 17.7 Å². The maximum atomic E-state index is 12.4. The SMILES string of the molecule is Cc1ccc(NC(=O)Cn2c(-c3ccc(Cl)cc3)n[nH]c2=S)cc1C. The van der Waals surface area contributed by atoms with Crippen LogP contribution in [0.1, 0.15) is 11.1 Å². The molecule has 1 heterocycles. The Morgan fingerprint density at radius 3 is 2.60 bits per heavy atom. The predicted molar refractivity (Wildman–Crippen MR) is 102 cm³/mol. The van der Waals surface area contributed by atoms with Gasteiger partial charge in [-0.05, 0) is 73.6 Å². The molecule has 5 nitrogen and oxygen atoms in total. The Morgan fingerprint density at radius 2 is 1.92 bits per heavy atom. The quantitative estimate of drug-likeness (QED) is 0.662. The molecule has 0 unspecified atom stereocenters. The number of aryl methyl sites for hydroxylation is 2. The van der Waals surface area contributed by atoms with E-state index >= 15 is 0 Å². The number of rotatable bonds is 4. The van der Waals surface area contributed by atoms with Crippen LogP contribution >= 0.6 is 23.8 Å². The fraction of sp³-hybridized carbons (Fsp3) is 0.167. The number of amides is 1. The van der Waals surface area contributed by atoms with Gasteiger partial charge in [0.15, 0.2) is 10.6 Å². The van der Waals surface area contributed by atoms with Crippen LogP contribution in [0, 0.1) is 18.6 Å². The Bertz CT molecular complexity index is 975. The van der Waals surface area contributed by atoms with Crippen molar-refractivity contribution in [3.05, 3.63) is 63.4 Å². The maximum Gasteiger partial charge on any atom is 0.244 e. The Balaban J connectivity index is 1.81. The zero-order chi connectivity index (χ0) is 18.0. The number of anilines is 1. The first-order chi connectivity index (χ1) is 11.9. The molecule has 0 aliphatic heterocycles. The van der Waals surface area contributed by atoms with Crippen LogP contribution in [0.15, 0.2) is 42.5 Å². The number of aromatic nitrogens is 3. The van der Waals surface area contributed by atoms with Crippen molar-refractivity contribution in [2.75, 3.05) is 5.32 Å². The van der Waals surface area contributed by atoms with E-state index in [1.165, 1.54) is 5.56 Å². The molecule has 0 spiro atoms. The lowest BCUT2D eigenvalue weighted by atomic mass is 10.1. The molecule has 3 rings (SSSR count). The molecule has 128 valence electrons. The average molecular weight is 373 g/mol. The Morgan fingerprint density at radius 1 is 1.20 bits per heavy atom. The van der Waals surface area contributed by atoms with Crippen molar-refractivity contribution in [2.24, 2.45) is 0 Å². The minimum atomic E-state index is -0.170. The first-order valence-corrected chi connectivity index (χ1v) is 8.51. The van der Waals surface area contributed by atoms with E-state index in [0.29, 0.717) is 15.6 Å². The molecular formula is C18H17ClN4OS. The van der Waals surface area contributed by atoms with E-state index < -0.39 is 0 Å². The fourth-order valence-corrected chi connectivity index (χ4v) is 2.77. The van der Waals surface area contributed by atoms with Crippen LogP contribution in [-0.4, -0.2) is 20.7 Å². The van der Waals surface area contributed by atoms with E-state index in [1.807, 2.05) is 44.2 Å². The predicted octanol–water partition coefficient (Wildman–Crippen LogP) is 4.52. The lowest BCUT2D eigenvalue weighted by Crippen LogP contribution is -2.19. The summed E-state index contributed by atoms with van der Waals surface area (Å²) in [5, 5.41) is 10.5. The summed E-state index contributed by atoms with van der Waals surface area (Å²) in [6, 6.07) is 13.0. The Hall–Kier alpha value is -2.44. The van der Waals surface area contributed by atoms with Crippen molar-refractivity contribution in [1.29, 1.82) is 0 Å². The number of carbonyl (C=O) groups excluding carboxylic acids is 1. The summed E-state index contributed by atoms with van der Waals surface area (Å²) in [6.45, 7) is 4.11. The molecule has 0 bridgehead atoms. The van der Waals surface area contributed by atoms with Gasteiger partial charge in [0.25, 0.3) is 0 Å². The van der Waals surface area contributed by atoms with Crippen molar-refractivity contribution in [2.45, 2.75) is 20.4 Å². The fourth-order valence-electron chi connectivity index (χ4n) is 2.45. The van der Waals surface area contributed by atoms with Gasteiger partial charge < -0.3 is 5.32 Å². The molecule has 0 atom stereocenters. The highest BCUT2D eigenvalue weighted by atomic mass is 35.5. The molecule has 0 radical (unpaired) electrons.